The van der Waals surface area contributed by atoms with Crippen LogP contribution in [0.5, 0.6) is 0 Å². The maximum absolute atomic E-state index is 5.14. The lowest BCUT2D eigenvalue weighted by molar-refractivity contribution is 0.392. The number of hydrogen-bond donors (Lipinski definition) is 1. The largest absolute Gasteiger partial charge is 0.361 e. The standard InChI is InChI=1S/C12H13NOS/c1-8-11(9(2)14-13-8)12(15)10-6-4-3-5-7-10/h3-7,12,15H,1-2H3. The van der Waals surface area contributed by atoms with Gasteiger partial charge in [-0.2, -0.15) is 12.6 Å². The summed E-state index contributed by atoms with van der Waals surface area (Å²) in [5.74, 6) is 0.844. The summed E-state index contributed by atoms with van der Waals surface area (Å²) in [6.07, 6.45) is 0. The van der Waals surface area contributed by atoms with Crippen molar-refractivity contribution in [1.29, 1.82) is 0 Å². The molecule has 0 amide bonds. The highest BCUT2D eigenvalue weighted by Crippen LogP contribution is 2.32. The van der Waals surface area contributed by atoms with Gasteiger partial charge < -0.3 is 4.52 Å². The van der Waals surface area contributed by atoms with Crippen LogP contribution < -0.4 is 0 Å². The zero-order chi connectivity index (χ0) is 10.8. The quantitative estimate of drug-likeness (QED) is 0.784. The van der Waals surface area contributed by atoms with Gasteiger partial charge in [-0.25, -0.2) is 0 Å². The Balaban J connectivity index is 2.41. The Kier molecular flexibility index (Phi) is 2.82. The highest BCUT2D eigenvalue weighted by Gasteiger charge is 2.18. The molecule has 15 heavy (non-hydrogen) atoms. The number of rotatable bonds is 2. The third kappa shape index (κ3) is 1.92. The molecule has 2 nitrogen and oxygen atoms in total. The minimum Gasteiger partial charge on any atom is -0.361 e. The molecule has 1 aromatic carbocycles. The van der Waals surface area contributed by atoms with E-state index in [1.807, 2.05) is 32.0 Å². The lowest BCUT2D eigenvalue weighted by Crippen LogP contribution is -1.95. The molecule has 1 aromatic heterocycles. The van der Waals surface area contributed by atoms with Crippen LogP contribution in [0, 0.1) is 13.8 Å². The highest BCUT2D eigenvalue weighted by atomic mass is 32.1. The topological polar surface area (TPSA) is 26.0 Å². The highest BCUT2D eigenvalue weighted by molar-refractivity contribution is 7.80. The normalized spacial score (nSPS) is 12.7. The van der Waals surface area contributed by atoms with Gasteiger partial charge in [0.2, 0.25) is 0 Å². The number of aryl methyl sites for hydroxylation is 2. The SMILES string of the molecule is Cc1noc(C)c1C(S)c1ccccc1. The summed E-state index contributed by atoms with van der Waals surface area (Å²) in [7, 11) is 0. The molecule has 2 aromatic rings. The molecule has 78 valence electrons. The first-order chi connectivity index (χ1) is 7.20. The van der Waals surface area contributed by atoms with Crippen LogP contribution in [0.1, 0.15) is 27.8 Å². The number of aromatic nitrogens is 1. The second-order valence-electron chi connectivity index (χ2n) is 3.55. The van der Waals surface area contributed by atoms with E-state index in [2.05, 4.69) is 29.9 Å². The fourth-order valence-electron chi connectivity index (χ4n) is 1.68. The van der Waals surface area contributed by atoms with Crippen molar-refractivity contribution in [2.45, 2.75) is 19.1 Å². The summed E-state index contributed by atoms with van der Waals surface area (Å²) in [6.45, 7) is 3.86. The predicted molar refractivity (Wildman–Crippen MR) is 63.2 cm³/mol. The Morgan fingerprint density at radius 2 is 1.87 bits per heavy atom. The first-order valence-electron chi connectivity index (χ1n) is 4.86. The van der Waals surface area contributed by atoms with Crippen LogP contribution in [0.2, 0.25) is 0 Å². The van der Waals surface area contributed by atoms with Gasteiger partial charge in [-0.15, -0.1) is 0 Å². The molecular weight excluding hydrogens is 206 g/mol. The van der Waals surface area contributed by atoms with E-state index in [1.165, 1.54) is 0 Å². The number of thiol groups is 1. The molecule has 2 rings (SSSR count). The molecule has 3 heteroatoms. The Labute approximate surface area is 94.7 Å². The van der Waals surface area contributed by atoms with E-state index in [4.69, 9.17) is 4.52 Å². The van der Waals surface area contributed by atoms with Gasteiger partial charge in [-0.1, -0.05) is 35.5 Å². The van der Waals surface area contributed by atoms with Gasteiger partial charge in [0.1, 0.15) is 5.76 Å². The van der Waals surface area contributed by atoms with Crippen molar-refractivity contribution in [3.63, 3.8) is 0 Å². The summed E-state index contributed by atoms with van der Waals surface area (Å²) < 4.78 is 5.14. The smallest absolute Gasteiger partial charge is 0.138 e. The number of hydrogen-bond acceptors (Lipinski definition) is 3. The first-order valence-corrected chi connectivity index (χ1v) is 5.37. The maximum Gasteiger partial charge on any atom is 0.138 e. The van der Waals surface area contributed by atoms with E-state index in [-0.39, 0.29) is 5.25 Å². The molecule has 0 saturated heterocycles. The van der Waals surface area contributed by atoms with Crippen molar-refractivity contribution in [1.82, 2.24) is 5.16 Å². The molecule has 1 unspecified atom stereocenters. The van der Waals surface area contributed by atoms with Gasteiger partial charge in [0.25, 0.3) is 0 Å². The molecule has 0 fully saturated rings. The van der Waals surface area contributed by atoms with E-state index in [1.54, 1.807) is 0 Å². The molecule has 1 heterocycles. The molecule has 0 aliphatic carbocycles. The van der Waals surface area contributed by atoms with Gasteiger partial charge in [0, 0.05) is 5.56 Å². The Morgan fingerprint density at radius 3 is 2.40 bits per heavy atom. The predicted octanol–water partition coefficient (Wildman–Crippen LogP) is 3.31. The van der Waals surface area contributed by atoms with Crippen molar-refractivity contribution in [2.24, 2.45) is 0 Å². The maximum atomic E-state index is 5.14. The molecular formula is C12H13NOS. The monoisotopic (exact) mass is 219 g/mol. The Hall–Kier alpha value is -1.22. The molecule has 0 aliphatic rings. The summed E-state index contributed by atoms with van der Waals surface area (Å²) in [4.78, 5) is 0. The zero-order valence-electron chi connectivity index (χ0n) is 8.77. The Morgan fingerprint density at radius 1 is 1.20 bits per heavy atom. The van der Waals surface area contributed by atoms with E-state index in [0.717, 1.165) is 22.6 Å². The average molecular weight is 219 g/mol. The second kappa shape index (κ2) is 4.11. The molecule has 1 atom stereocenters. The van der Waals surface area contributed by atoms with Crippen LogP contribution in [0.25, 0.3) is 0 Å². The van der Waals surface area contributed by atoms with Gasteiger partial charge in [-0.3, -0.25) is 0 Å². The third-order valence-electron chi connectivity index (χ3n) is 2.48. The van der Waals surface area contributed by atoms with Gasteiger partial charge in [0.05, 0.1) is 10.9 Å². The molecule has 0 radical (unpaired) electrons. The van der Waals surface area contributed by atoms with Crippen molar-refractivity contribution in [3.8, 4) is 0 Å². The van der Waals surface area contributed by atoms with Crippen LogP contribution in [0.3, 0.4) is 0 Å². The van der Waals surface area contributed by atoms with Crippen LogP contribution >= 0.6 is 12.6 Å². The first kappa shape index (κ1) is 10.3. The molecule has 0 saturated carbocycles. The van der Waals surface area contributed by atoms with Crippen molar-refractivity contribution < 1.29 is 4.52 Å². The van der Waals surface area contributed by atoms with Gasteiger partial charge >= 0.3 is 0 Å². The van der Waals surface area contributed by atoms with Crippen LogP contribution in [0.4, 0.5) is 0 Å². The Bertz CT molecular complexity index is 430. The zero-order valence-corrected chi connectivity index (χ0v) is 9.66. The van der Waals surface area contributed by atoms with E-state index < -0.39 is 0 Å². The lowest BCUT2D eigenvalue weighted by Gasteiger charge is -2.10. The summed E-state index contributed by atoms with van der Waals surface area (Å²) in [6, 6.07) is 10.1. The summed E-state index contributed by atoms with van der Waals surface area (Å²) in [5, 5.41) is 3.98. The summed E-state index contributed by atoms with van der Waals surface area (Å²) >= 11 is 4.61. The van der Waals surface area contributed by atoms with Crippen LogP contribution in [-0.2, 0) is 0 Å². The van der Waals surface area contributed by atoms with E-state index in [0.29, 0.717) is 0 Å². The molecule has 0 bridgehead atoms. The van der Waals surface area contributed by atoms with Gasteiger partial charge in [-0.05, 0) is 19.4 Å². The lowest BCUT2D eigenvalue weighted by atomic mass is 10.0. The second-order valence-corrected chi connectivity index (χ2v) is 4.07. The minimum atomic E-state index is 0.0393. The summed E-state index contributed by atoms with van der Waals surface area (Å²) in [5.41, 5.74) is 3.15. The molecule has 0 spiro atoms. The third-order valence-corrected chi connectivity index (χ3v) is 3.03. The average Bonchev–Trinajstić information content (AvgIpc) is 2.59. The fourth-order valence-corrected chi connectivity index (χ4v) is 2.22. The number of nitrogens with zero attached hydrogens (tertiary/aromatic N) is 1. The molecule has 0 N–H and O–H groups in total. The van der Waals surface area contributed by atoms with E-state index >= 15 is 0 Å². The van der Waals surface area contributed by atoms with Crippen molar-refractivity contribution >= 4 is 12.6 Å². The minimum absolute atomic E-state index is 0.0393. The number of benzene rings is 1. The van der Waals surface area contributed by atoms with Gasteiger partial charge in [0.15, 0.2) is 0 Å². The van der Waals surface area contributed by atoms with Crippen molar-refractivity contribution in [2.75, 3.05) is 0 Å². The van der Waals surface area contributed by atoms with E-state index in [9.17, 15) is 0 Å². The fraction of sp³-hybridized carbons (Fsp3) is 0.250. The van der Waals surface area contributed by atoms with Crippen molar-refractivity contribution in [3.05, 3.63) is 52.9 Å². The van der Waals surface area contributed by atoms with Crippen LogP contribution in [0.15, 0.2) is 34.9 Å². The van der Waals surface area contributed by atoms with Crippen LogP contribution in [-0.4, -0.2) is 5.16 Å². The molecule has 0 aliphatic heterocycles.